The number of anilines is 1. The third-order valence-electron chi connectivity index (χ3n) is 3.28. The van der Waals surface area contributed by atoms with Gasteiger partial charge in [0.25, 0.3) is 11.1 Å². The molecule has 0 amide bonds. The highest BCUT2D eigenvalue weighted by Crippen LogP contribution is 2.25. The fourth-order valence-electron chi connectivity index (χ4n) is 1.81. The molecular formula is C15H19N3O5S. The first-order chi connectivity index (χ1) is 11.0. The van der Waals surface area contributed by atoms with Gasteiger partial charge in [0, 0.05) is 47.9 Å². The monoisotopic (exact) mass is 353 g/mol. The van der Waals surface area contributed by atoms with Crippen molar-refractivity contribution in [2.24, 2.45) is 4.40 Å². The third kappa shape index (κ3) is 3.92. The summed E-state index contributed by atoms with van der Waals surface area (Å²) in [5, 5.41) is 21.4. The number of hydrogen-bond donors (Lipinski definition) is 1. The lowest BCUT2D eigenvalue weighted by Gasteiger charge is -2.13. The number of rotatable bonds is 4. The Hall–Kier alpha value is -2.39. The fourth-order valence-corrected chi connectivity index (χ4v) is 2.65. The van der Waals surface area contributed by atoms with Crippen LogP contribution in [0.4, 0.5) is 5.69 Å². The Labute approximate surface area is 140 Å². The van der Waals surface area contributed by atoms with Gasteiger partial charge < -0.3 is 19.5 Å². The largest absolute Gasteiger partial charge is 0.806 e. The lowest BCUT2D eigenvalue weighted by Crippen LogP contribution is -2.50. The summed E-state index contributed by atoms with van der Waals surface area (Å²) in [6.07, 6.45) is 3.95. The van der Waals surface area contributed by atoms with Gasteiger partial charge in [-0.05, 0) is 13.8 Å². The van der Waals surface area contributed by atoms with Crippen LogP contribution in [-0.4, -0.2) is 33.6 Å². The van der Waals surface area contributed by atoms with Crippen molar-refractivity contribution in [1.29, 1.82) is 0 Å². The predicted octanol–water partition coefficient (Wildman–Crippen LogP) is -0.186. The van der Waals surface area contributed by atoms with Crippen molar-refractivity contribution in [2.75, 3.05) is 19.0 Å². The third-order valence-corrected chi connectivity index (χ3v) is 4.40. The van der Waals surface area contributed by atoms with E-state index in [0.29, 0.717) is 0 Å². The maximum Gasteiger partial charge on any atom is 0.402 e. The predicted molar refractivity (Wildman–Crippen MR) is 84.9 cm³/mol. The van der Waals surface area contributed by atoms with Gasteiger partial charge in [-0.1, -0.05) is 0 Å². The van der Waals surface area contributed by atoms with E-state index < -0.39 is 26.7 Å². The summed E-state index contributed by atoms with van der Waals surface area (Å²) < 4.78 is 33.5. The summed E-state index contributed by atoms with van der Waals surface area (Å²) in [4.78, 5) is 1.84. The summed E-state index contributed by atoms with van der Waals surface area (Å²) >= 11 is 0. The molecule has 130 valence electrons. The molecule has 0 aliphatic rings. The fraction of sp³-hybridized carbons (Fsp3) is 0.333. The summed E-state index contributed by atoms with van der Waals surface area (Å²) in [7, 11) is -0.626. The summed E-state index contributed by atoms with van der Waals surface area (Å²) in [5.74, 6) is 0. The van der Waals surface area contributed by atoms with Gasteiger partial charge in [0.1, 0.15) is 0 Å². The minimum atomic E-state index is -4.31. The highest BCUT2D eigenvalue weighted by Gasteiger charge is 2.28. The maximum atomic E-state index is 12.1. The molecule has 8 nitrogen and oxygen atoms in total. The maximum absolute atomic E-state index is 12.1. The van der Waals surface area contributed by atoms with Crippen LogP contribution in [0.2, 0.25) is 0 Å². The molecule has 0 saturated carbocycles. The molecule has 0 bridgehead atoms. The highest BCUT2D eigenvalue weighted by atomic mass is 32.2. The molecule has 24 heavy (non-hydrogen) atoms. The molecule has 0 unspecified atom stereocenters. The summed E-state index contributed by atoms with van der Waals surface area (Å²) in [6.45, 7) is 2.97. The summed E-state index contributed by atoms with van der Waals surface area (Å²) in [6, 6.07) is 3.48. The van der Waals surface area contributed by atoms with Gasteiger partial charge in [0.2, 0.25) is 0 Å². The smallest absolute Gasteiger partial charge is 0.402 e. The van der Waals surface area contributed by atoms with Crippen molar-refractivity contribution in [3.8, 4) is 0 Å². The van der Waals surface area contributed by atoms with E-state index in [9.17, 15) is 18.6 Å². The highest BCUT2D eigenvalue weighted by molar-refractivity contribution is 7.90. The van der Waals surface area contributed by atoms with E-state index in [0.717, 1.165) is 22.6 Å². The van der Waals surface area contributed by atoms with Crippen LogP contribution >= 0.6 is 0 Å². The molecule has 9 heteroatoms. The van der Waals surface area contributed by atoms with Gasteiger partial charge >= 0.3 is 10.0 Å². The zero-order chi connectivity index (χ0) is 18.1. The molecule has 2 heterocycles. The van der Waals surface area contributed by atoms with Gasteiger partial charge in [-0.25, -0.2) is 4.57 Å². The molecule has 0 radical (unpaired) electrons. The first kappa shape index (κ1) is 18.0. The quantitative estimate of drug-likeness (QED) is 0.464. The molecule has 0 aliphatic heterocycles. The Balaban J connectivity index is 2.32. The first-order valence-electron chi connectivity index (χ1n) is 7.03. The Kier molecular flexibility index (Phi) is 4.68. The van der Waals surface area contributed by atoms with Crippen molar-refractivity contribution in [1.82, 2.24) is 0 Å². The van der Waals surface area contributed by atoms with Crippen LogP contribution in [0.3, 0.4) is 0 Å². The van der Waals surface area contributed by atoms with Crippen molar-refractivity contribution < 1.29 is 27.6 Å². The Morgan fingerprint density at radius 3 is 2.38 bits per heavy atom. The van der Waals surface area contributed by atoms with Gasteiger partial charge in [-0.2, -0.15) is 8.42 Å². The standard InChI is InChI=1S/C15H19N3O5S/c1-15(2,20)11-9-13(23-10-11)24(21,22)16-14(19)18-7-5-12(6-8-18)17(3)4/h5-10,20H,1-4H3. The minimum Gasteiger partial charge on any atom is -0.806 e. The number of furan rings is 1. The Morgan fingerprint density at radius 2 is 1.92 bits per heavy atom. The Bertz CT molecular complexity index is 846. The van der Waals surface area contributed by atoms with Gasteiger partial charge in [0.15, 0.2) is 0 Å². The lowest BCUT2D eigenvalue weighted by atomic mass is 10.0. The number of sulfonamides is 1. The van der Waals surface area contributed by atoms with Gasteiger partial charge in [-0.3, -0.25) is 0 Å². The van der Waals surface area contributed by atoms with Gasteiger partial charge in [0.05, 0.1) is 24.3 Å². The second-order valence-corrected chi connectivity index (χ2v) is 7.46. The molecular weight excluding hydrogens is 334 g/mol. The summed E-state index contributed by atoms with van der Waals surface area (Å²) in [5.41, 5.74) is -0.146. The molecule has 2 aromatic rings. The number of pyridine rings is 1. The minimum absolute atomic E-state index is 0.270. The molecule has 0 fully saturated rings. The van der Waals surface area contributed by atoms with E-state index >= 15 is 0 Å². The molecule has 2 rings (SSSR count). The van der Waals surface area contributed by atoms with E-state index in [-0.39, 0.29) is 5.56 Å². The average Bonchev–Trinajstić information content (AvgIpc) is 2.97. The second kappa shape index (κ2) is 6.25. The number of hydrogen-bond acceptors (Lipinski definition) is 6. The van der Waals surface area contributed by atoms with Crippen LogP contribution in [-0.2, 0) is 15.6 Å². The normalized spacial score (nSPS) is 13.1. The second-order valence-electron chi connectivity index (χ2n) is 5.92. The van der Waals surface area contributed by atoms with E-state index in [1.807, 2.05) is 19.0 Å². The van der Waals surface area contributed by atoms with Crippen LogP contribution in [0.1, 0.15) is 19.4 Å². The SMILES string of the molecule is CN(C)c1cc[n+](/C([O-])=N/S(=O)(=O)c2cc(C(C)(C)O)co2)cc1. The molecule has 2 aromatic heterocycles. The van der Waals surface area contributed by atoms with E-state index in [4.69, 9.17) is 4.42 Å². The average molecular weight is 353 g/mol. The van der Waals surface area contributed by atoms with E-state index in [1.165, 1.54) is 26.2 Å². The van der Waals surface area contributed by atoms with Gasteiger partial charge in [-0.15, -0.1) is 0 Å². The van der Waals surface area contributed by atoms with Crippen molar-refractivity contribution in [3.05, 3.63) is 42.4 Å². The van der Waals surface area contributed by atoms with Crippen LogP contribution in [0.5, 0.6) is 0 Å². The van der Waals surface area contributed by atoms with Crippen molar-refractivity contribution in [2.45, 2.75) is 24.5 Å². The topological polar surface area (TPSA) is 110 Å². The zero-order valence-electron chi connectivity index (χ0n) is 13.8. The number of nitrogens with zero attached hydrogens (tertiary/aromatic N) is 3. The number of aromatic nitrogens is 1. The first-order valence-corrected chi connectivity index (χ1v) is 8.47. The lowest BCUT2D eigenvalue weighted by molar-refractivity contribution is -0.613. The van der Waals surface area contributed by atoms with Crippen LogP contribution in [0.25, 0.3) is 0 Å². The van der Waals surface area contributed by atoms with E-state index in [2.05, 4.69) is 4.40 Å². The zero-order valence-corrected chi connectivity index (χ0v) is 14.6. The van der Waals surface area contributed by atoms with Crippen LogP contribution < -0.4 is 14.6 Å². The molecule has 1 N–H and O–H groups in total. The van der Waals surface area contributed by atoms with Crippen LogP contribution in [0, 0.1) is 0 Å². The molecule has 0 aromatic carbocycles. The molecule has 0 spiro atoms. The van der Waals surface area contributed by atoms with Crippen molar-refractivity contribution in [3.63, 3.8) is 0 Å². The molecule has 0 aliphatic carbocycles. The number of aliphatic hydroxyl groups is 1. The van der Waals surface area contributed by atoms with Crippen molar-refractivity contribution >= 4 is 21.7 Å². The molecule has 0 saturated heterocycles. The van der Waals surface area contributed by atoms with E-state index in [1.54, 1.807) is 12.1 Å². The molecule has 0 atom stereocenters. The van der Waals surface area contributed by atoms with Crippen LogP contribution in [0.15, 0.2) is 50.8 Å². The Morgan fingerprint density at radius 1 is 1.33 bits per heavy atom.